The van der Waals surface area contributed by atoms with Crippen LogP contribution in [-0.4, -0.2) is 59.3 Å². The molecular formula is C23H40N6O2. The normalized spacial score (nSPS) is 16.8. The predicted molar refractivity (Wildman–Crippen MR) is 124 cm³/mol. The molecule has 1 fully saturated rings. The number of aromatic nitrogens is 2. The Morgan fingerprint density at radius 1 is 1.13 bits per heavy atom. The minimum absolute atomic E-state index is 0.0966. The summed E-state index contributed by atoms with van der Waals surface area (Å²) < 4.78 is 0. The third-order valence-corrected chi connectivity index (χ3v) is 5.26. The first-order chi connectivity index (χ1) is 14.7. The molecule has 0 aliphatic carbocycles. The van der Waals surface area contributed by atoms with Crippen LogP contribution in [0.2, 0.25) is 0 Å². The fourth-order valence-corrected chi connectivity index (χ4v) is 3.76. The summed E-state index contributed by atoms with van der Waals surface area (Å²) in [6.07, 6.45) is 2.64. The second-order valence-electron chi connectivity index (χ2n) is 9.80. The highest BCUT2D eigenvalue weighted by molar-refractivity contribution is 5.93. The second-order valence-corrected chi connectivity index (χ2v) is 9.80. The van der Waals surface area contributed by atoms with Gasteiger partial charge in [0.15, 0.2) is 11.5 Å². The average Bonchev–Trinajstić information content (AvgIpc) is 2.67. The van der Waals surface area contributed by atoms with E-state index in [1.807, 2.05) is 4.90 Å². The summed E-state index contributed by atoms with van der Waals surface area (Å²) in [6.45, 7) is 15.5. The van der Waals surface area contributed by atoms with E-state index in [4.69, 9.17) is 0 Å². The lowest BCUT2D eigenvalue weighted by Gasteiger charge is -2.34. The molecule has 1 aliphatic heterocycles. The van der Waals surface area contributed by atoms with Gasteiger partial charge < -0.3 is 15.5 Å². The van der Waals surface area contributed by atoms with E-state index in [1.54, 1.807) is 6.07 Å². The van der Waals surface area contributed by atoms with Gasteiger partial charge in [0.05, 0.1) is 0 Å². The lowest BCUT2D eigenvalue weighted by molar-refractivity contribution is 0.0687. The zero-order valence-corrected chi connectivity index (χ0v) is 20.0. The number of rotatable bonds is 9. The molecule has 1 atom stereocenters. The molecule has 3 amide bonds. The Morgan fingerprint density at radius 2 is 1.87 bits per heavy atom. The van der Waals surface area contributed by atoms with Crippen LogP contribution in [0.3, 0.4) is 0 Å². The molecule has 0 spiro atoms. The average molecular weight is 433 g/mol. The van der Waals surface area contributed by atoms with E-state index < -0.39 is 0 Å². The molecule has 1 aliphatic rings. The van der Waals surface area contributed by atoms with Crippen LogP contribution in [0.4, 0.5) is 10.6 Å². The molecule has 31 heavy (non-hydrogen) atoms. The number of nitrogens with zero attached hydrogens (tertiary/aromatic N) is 3. The van der Waals surface area contributed by atoms with Crippen molar-refractivity contribution in [1.82, 2.24) is 25.7 Å². The minimum Gasteiger partial charge on any atom is -0.338 e. The van der Waals surface area contributed by atoms with Gasteiger partial charge in [0, 0.05) is 32.2 Å². The van der Waals surface area contributed by atoms with E-state index in [0.717, 1.165) is 24.9 Å². The second kappa shape index (κ2) is 12.0. The first-order valence-electron chi connectivity index (χ1n) is 11.6. The van der Waals surface area contributed by atoms with E-state index >= 15 is 0 Å². The molecule has 0 unspecified atom stereocenters. The number of carbonyl (C=O) groups is 2. The number of amides is 3. The topological polar surface area (TPSA) is 99.2 Å². The number of nitrogens with one attached hydrogen (secondary N) is 3. The minimum atomic E-state index is -0.294. The van der Waals surface area contributed by atoms with Gasteiger partial charge in [-0.05, 0) is 48.6 Å². The maximum Gasteiger partial charge on any atom is 0.320 e. The van der Waals surface area contributed by atoms with Crippen LogP contribution in [0.25, 0.3) is 0 Å². The Bertz CT molecular complexity index is 735. The van der Waals surface area contributed by atoms with Crippen molar-refractivity contribution < 1.29 is 9.59 Å². The summed E-state index contributed by atoms with van der Waals surface area (Å²) in [5, 5.41) is 17.5. The quantitative estimate of drug-likeness (QED) is 0.556. The van der Waals surface area contributed by atoms with Crippen LogP contribution >= 0.6 is 0 Å². The molecular weight excluding hydrogens is 392 g/mol. The fourth-order valence-electron chi connectivity index (χ4n) is 3.76. The van der Waals surface area contributed by atoms with E-state index in [9.17, 15) is 9.59 Å². The van der Waals surface area contributed by atoms with Crippen molar-refractivity contribution in [2.45, 2.75) is 66.8 Å². The molecule has 0 radical (unpaired) electrons. The largest absolute Gasteiger partial charge is 0.338 e. The van der Waals surface area contributed by atoms with Crippen LogP contribution in [-0.2, 0) is 6.42 Å². The predicted octanol–water partition coefficient (Wildman–Crippen LogP) is 3.30. The van der Waals surface area contributed by atoms with Gasteiger partial charge in [-0.15, -0.1) is 10.2 Å². The summed E-state index contributed by atoms with van der Waals surface area (Å²) in [4.78, 5) is 27.2. The van der Waals surface area contributed by atoms with Gasteiger partial charge in [-0.3, -0.25) is 10.1 Å². The zero-order valence-electron chi connectivity index (χ0n) is 20.0. The highest BCUT2D eigenvalue weighted by atomic mass is 16.2. The number of carbonyl (C=O) groups excluding carboxylic acids is 2. The summed E-state index contributed by atoms with van der Waals surface area (Å²) in [7, 11) is 0. The Balaban J connectivity index is 2.10. The lowest BCUT2D eigenvalue weighted by Crippen LogP contribution is -2.53. The molecule has 0 saturated carbocycles. The number of hydrogen-bond donors (Lipinski definition) is 3. The summed E-state index contributed by atoms with van der Waals surface area (Å²) in [5.41, 5.74) is 1.17. The Kier molecular flexibility index (Phi) is 9.68. The molecule has 8 heteroatoms. The van der Waals surface area contributed by atoms with Gasteiger partial charge in [-0.2, -0.15) is 0 Å². The summed E-state index contributed by atoms with van der Waals surface area (Å²) >= 11 is 0. The van der Waals surface area contributed by atoms with E-state index in [0.29, 0.717) is 61.4 Å². The number of piperazine rings is 1. The molecule has 0 aromatic carbocycles. The SMILES string of the molecule is CC(C)CCNC(=O)Nc1nnc(C(=O)N2CCN[C@@H](CC(C)C)C2)cc1CC(C)C. The van der Waals surface area contributed by atoms with E-state index in [1.165, 1.54) is 0 Å². The lowest BCUT2D eigenvalue weighted by atomic mass is 10.0. The maximum atomic E-state index is 13.1. The van der Waals surface area contributed by atoms with Crippen molar-refractivity contribution >= 4 is 17.8 Å². The van der Waals surface area contributed by atoms with Gasteiger partial charge >= 0.3 is 6.03 Å². The molecule has 8 nitrogen and oxygen atoms in total. The number of hydrogen-bond acceptors (Lipinski definition) is 5. The maximum absolute atomic E-state index is 13.1. The highest BCUT2D eigenvalue weighted by Gasteiger charge is 2.26. The molecule has 174 valence electrons. The first kappa shape index (κ1) is 25.0. The first-order valence-corrected chi connectivity index (χ1v) is 11.6. The van der Waals surface area contributed by atoms with Crippen LogP contribution < -0.4 is 16.0 Å². The smallest absolute Gasteiger partial charge is 0.320 e. The van der Waals surface area contributed by atoms with E-state index in [2.05, 4.69) is 67.7 Å². The Morgan fingerprint density at radius 3 is 2.52 bits per heavy atom. The molecule has 1 aromatic rings. The van der Waals surface area contributed by atoms with Crippen LogP contribution in [0.1, 0.15) is 70.4 Å². The third-order valence-electron chi connectivity index (χ3n) is 5.26. The van der Waals surface area contributed by atoms with Crippen molar-refractivity contribution in [2.75, 3.05) is 31.5 Å². The van der Waals surface area contributed by atoms with Crippen LogP contribution in [0.5, 0.6) is 0 Å². The van der Waals surface area contributed by atoms with Gasteiger partial charge in [-0.1, -0.05) is 41.5 Å². The van der Waals surface area contributed by atoms with Gasteiger partial charge in [0.25, 0.3) is 5.91 Å². The van der Waals surface area contributed by atoms with Gasteiger partial charge in [-0.25, -0.2) is 4.79 Å². The standard InChI is InChI=1S/C23H40N6O2/c1-15(2)7-8-25-23(31)26-21-18(11-16(3)4)13-20(27-28-21)22(30)29-10-9-24-19(14-29)12-17(5)6/h13,15-17,19,24H,7-12,14H2,1-6H3,(H2,25,26,28,31)/t19-/m0/s1. The van der Waals surface area contributed by atoms with Crippen molar-refractivity contribution in [1.29, 1.82) is 0 Å². The molecule has 1 aromatic heterocycles. The van der Waals surface area contributed by atoms with Crippen molar-refractivity contribution in [2.24, 2.45) is 17.8 Å². The Labute approximate surface area is 186 Å². The third kappa shape index (κ3) is 8.44. The van der Waals surface area contributed by atoms with E-state index in [-0.39, 0.29) is 11.9 Å². The summed E-state index contributed by atoms with van der Waals surface area (Å²) in [6, 6.07) is 1.80. The highest BCUT2D eigenvalue weighted by Crippen LogP contribution is 2.19. The summed E-state index contributed by atoms with van der Waals surface area (Å²) in [5.74, 6) is 1.77. The number of urea groups is 1. The molecule has 0 bridgehead atoms. The zero-order chi connectivity index (χ0) is 23.0. The van der Waals surface area contributed by atoms with Crippen molar-refractivity contribution in [3.05, 3.63) is 17.3 Å². The fraction of sp³-hybridized carbons (Fsp3) is 0.739. The van der Waals surface area contributed by atoms with Crippen LogP contribution in [0.15, 0.2) is 6.07 Å². The van der Waals surface area contributed by atoms with Crippen LogP contribution in [0, 0.1) is 17.8 Å². The van der Waals surface area contributed by atoms with Crippen molar-refractivity contribution in [3.63, 3.8) is 0 Å². The monoisotopic (exact) mass is 432 g/mol. The number of anilines is 1. The Hall–Kier alpha value is -2.22. The van der Waals surface area contributed by atoms with Gasteiger partial charge in [0.2, 0.25) is 0 Å². The van der Waals surface area contributed by atoms with Crippen molar-refractivity contribution in [3.8, 4) is 0 Å². The van der Waals surface area contributed by atoms with Gasteiger partial charge in [0.1, 0.15) is 0 Å². The molecule has 2 heterocycles. The molecule has 3 N–H and O–H groups in total. The molecule has 2 rings (SSSR count). The molecule has 1 saturated heterocycles.